The van der Waals surface area contributed by atoms with Crippen molar-refractivity contribution in [1.29, 1.82) is 0 Å². The van der Waals surface area contributed by atoms with Crippen LogP contribution in [0.15, 0.2) is 82.5 Å². The van der Waals surface area contributed by atoms with Gasteiger partial charge < -0.3 is 10.0 Å². The molecule has 0 aliphatic carbocycles. The van der Waals surface area contributed by atoms with Crippen LogP contribution < -0.4 is 0 Å². The molecule has 1 aromatic carbocycles. The first-order valence-corrected chi connectivity index (χ1v) is 11.0. The number of likely N-dealkylation sites (N-methyl/N-ethyl adjacent to an activating group) is 1. The van der Waals surface area contributed by atoms with Crippen molar-refractivity contribution < 1.29 is 14.7 Å². The number of halogens is 1. The Labute approximate surface area is 197 Å². The van der Waals surface area contributed by atoms with Crippen molar-refractivity contribution in [1.82, 2.24) is 4.90 Å². The van der Waals surface area contributed by atoms with Gasteiger partial charge in [0.2, 0.25) is 0 Å². The number of rotatable bonds is 9. The fraction of sp³-hybridized carbons (Fsp3) is 0.333. The molecule has 0 bridgehead atoms. The van der Waals surface area contributed by atoms with Crippen LogP contribution in [0.4, 0.5) is 0 Å². The molecule has 0 aliphatic heterocycles. The third-order valence-corrected chi connectivity index (χ3v) is 5.26. The predicted molar refractivity (Wildman–Crippen MR) is 134 cm³/mol. The molecule has 4 nitrogen and oxygen atoms in total. The third kappa shape index (κ3) is 7.38. The number of nitrogens with zero attached hydrogens (tertiary/aromatic N) is 1. The summed E-state index contributed by atoms with van der Waals surface area (Å²) < 4.78 is 0. The number of carboxylic acids is 1. The van der Waals surface area contributed by atoms with Crippen LogP contribution in [-0.2, 0) is 9.59 Å². The maximum atomic E-state index is 13.6. The average Bonchev–Trinajstić information content (AvgIpc) is 2.71. The van der Waals surface area contributed by atoms with E-state index < -0.39 is 11.9 Å². The van der Waals surface area contributed by atoms with E-state index in [0.29, 0.717) is 28.3 Å². The standard InChI is InChI=1S/C27H34ClNO3/c1-8-12-20(9-2)13-11-16-29(7)26(30)23(18(3)4)25(24(19(5)6)27(31)32)21-14-10-15-22(28)17-21/h8-15,17,25H,16H2,1-7H3,(H,31,32)/b12-8-,13-11+,20-9+. The van der Waals surface area contributed by atoms with Gasteiger partial charge in [-0.1, -0.05) is 65.3 Å². The van der Waals surface area contributed by atoms with Gasteiger partial charge in [-0.2, -0.15) is 0 Å². The number of amides is 1. The lowest BCUT2D eigenvalue weighted by molar-refractivity contribution is -0.133. The Hall–Kier alpha value is -2.85. The van der Waals surface area contributed by atoms with E-state index in [-0.39, 0.29) is 11.5 Å². The summed E-state index contributed by atoms with van der Waals surface area (Å²) in [6, 6.07) is 7.04. The normalized spacial score (nSPS) is 12.7. The van der Waals surface area contributed by atoms with Crippen LogP contribution >= 0.6 is 11.6 Å². The molecule has 0 radical (unpaired) electrons. The second-order valence-corrected chi connectivity index (χ2v) is 8.43. The number of allylic oxidation sites excluding steroid dienone is 7. The van der Waals surface area contributed by atoms with Gasteiger partial charge >= 0.3 is 5.97 Å². The molecule has 1 atom stereocenters. The molecule has 0 heterocycles. The molecule has 0 aliphatic rings. The van der Waals surface area contributed by atoms with E-state index >= 15 is 0 Å². The van der Waals surface area contributed by atoms with Crippen molar-refractivity contribution in [3.63, 3.8) is 0 Å². The highest BCUT2D eigenvalue weighted by Gasteiger charge is 2.33. The zero-order valence-electron chi connectivity index (χ0n) is 20.1. The Morgan fingerprint density at radius 3 is 2.16 bits per heavy atom. The van der Waals surface area contributed by atoms with Crippen LogP contribution in [0.2, 0.25) is 5.02 Å². The van der Waals surface area contributed by atoms with E-state index in [4.69, 9.17) is 11.6 Å². The van der Waals surface area contributed by atoms with E-state index in [1.54, 1.807) is 44.0 Å². The molecule has 32 heavy (non-hydrogen) atoms. The Balaban J connectivity index is 3.49. The van der Waals surface area contributed by atoms with Crippen LogP contribution in [0.3, 0.4) is 0 Å². The third-order valence-electron chi connectivity index (χ3n) is 5.03. The largest absolute Gasteiger partial charge is 0.478 e. The molecule has 1 rings (SSSR count). The van der Waals surface area contributed by atoms with Crippen molar-refractivity contribution in [2.75, 3.05) is 13.6 Å². The van der Waals surface area contributed by atoms with Crippen LogP contribution in [0.1, 0.15) is 53.0 Å². The van der Waals surface area contributed by atoms with Crippen LogP contribution in [0.5, 0.6) is 0 Å². The first-order valence-electron chi connectivity index (χ1n) is 10.6. The van der Waals surface area contributed by atoms with E-state index in [1.165, 1.54) is 0 Å². The van der Waals surface area contributed by atoms with Gasteiger partial charge in [-0.05, 0) is 64.8 Å². The summed E-state index contributed by atoms with van der Waals surface area (Å²) in [5.41, 5.74) is 3.75. The smallest absolute Gasteiger partial charge is 0.332 e. The summed E-state index contributed by atoms with van der Waals surface area (Å²) in [7, 11) is 1.72. The van der Waals surface area contributed by atoms with E-state index in [2.05, 4.69) is 0 Å². The van der Waals surface area contributed by atoms with Gasteiger partial charge in [-0.3, -0.25) is 4.79 Å². The minimum atomic E-state index is -1.05. The van der Waals surface area contributed by atoms with Crippen molar-refractivity contribution in [3.8, 4) is 0 Å². The Morgan fingerprint density at radius 1 is 1.06 bits per heavy atom. The fourth-order valence-corrected chi connectivity index (χ4v) is 3.69. The van der Waals surface area contributed by atoms with Gasteiger partial charge in [0.05, 0.1) is 0 Å². The molecular weight excluding hydrogens is 422 g/mol. The van der Waals surface area contributed by atoms with Crippen LogP contribution in [0.25, 0.3) is 0 Å². The van der Waals surface area contributed by atoms with Crippen molar-refractivity contribution in [2.45, 2.75) is 47.5 Å². The van der Waals surface area contributed by atoms with Gasteiger partial charge in [0.1, 0.15) is 0 Å². The number of carboxylic acid groups (broad SMARTS) is 1. The van der Waals surface area contributed by atoms with Gasteiger partial charge in [-0.15, -0.1) is 0 Å². The summed E-state index contributed by atoms with van der Waals surface area (Å²) in [6.07, 6.45) is 9.81. The van der Waals surface area contributed by atoms with Gasteiger partial charge in [0.15, 0.2) is 0 Å². The number of carbonyl (C=O) groups excluding carboxylic acids is 1. The van der Waals surface area contributed by atoms with Gasteiger partial charge in [-0.25, -0.2) is 4.79 Å². The highest BCUT2D eigenvalue weighted by Crippen LogP contribution is 2.37. The van der Waals surface area contributed by atoms with Crippen LogP contribution in [-0.4, -0.2) is 35.5 Å². The number of hydrogen-bond acceptors (Lipinski definition) is 2. The molecule has 0 fully saturated rings. The second-order valence-electron chi connectivity index (χ2n) is 8.00. The molecule has 0 aromatic heterocycles. The number of carbonyl (C=O) groups is 2. The average molecular weight is 456 g/mol. The highest BCUT2D eigenvalue weighted by molar-refractivity contribution is 6.30. The molecule has 1 aromatic rings. The molecule has 5 heteroatoms. The highest BCUT2D eigenvalue weighted by atomic mass is 35.5. The Kier molecular flexibility index (Phi) is 10.9. The van der Waals surface area contributed by atoms with Gasteiger partial charge in [0.25, 0.3) is 5.91 Å². The van der Waals surface area contributed by atoms with Crippen molar-refractivity contribution >= 4 is 23.5 Å². The molecular formula is C27H34ClNO3. The zero-order chi connectivity index (χ0) is 24.4. The first-order chi connectivity index (χ1) is 15.0. The quantitative estimate of drug-likeness (QED) is 0.332. The molecule has 1 amide bonds. The summed E-state index contributed by atoms with van der Waals surface area (Å²) >= 11 is 6.22. The maximum absolute atomic E-state index is 13.6. The van der Waals surface area contributed by atoms with Crippen LogP contribution in [0, 0.1) is 0 Å². The minimum absolute atomic E-state index is 0.185. The molecule has 1 unspecified atom stereocenters. The topological polar surface area (TPSA) is 57.6 Å². The molecule has 0 saturated carbocycles. The summed E-state index contributed by atoms with van der Waals surface area (Å²) in [4.78, 5) is 27.4. The molecule has 0 spiro atoms. The molecule has 0 saturated heterocycles. The first kappa shape index (κ1) is 27.2. The summed E-state index contributed by atoms with van der Waals surface area (Å²) in [6.45, 7) is 11.5. The summed E-state index contributed by atoms with van der Waals surface area (Å²) in [5, 5.41) is 10.5. The maximum Gasteiger partial charge on any atom is 0.332 e. The molecule has 1 N–H and O–H groups in total. The van der Waals surface area contributed by atoms with E-state index in [0.717, 1.165) is 11.1 Å². The number of benzene rings is 1. The minimum Gasteiger partial charge on any atom is -0.478 e. The zero-order valence-corrected chi connectivity index (χ0v) is 20.8. The monoisotopic (exact) mass is 455 g/mol. The SMILES string of the molecule is C\C=C/C(/C=C/CN(C)C(=O)C(=C(C)C)C(C(C(=O)O)=C(C)C)c1cccc(Cl)c1)=C\C. The lowest BCUT2D eigenvalue weighted by Gasteiger charge is -2.27. The lowest BCUT2D eigenvalue weighted by Crippen LogP contribution is -2.32. The Morgan fingerprint density at radius 2 is 1.69 bits per heavy atom. The number of hydrogen-bond donors (Lipinski definition) is 1. The van der Waals surface area contributed by atoms with Crippen molar-refractivity contribution in [3.05, 3.63) is 93.1 Å². The predicted octanol–water partition coefficient (Wildman–Crippen LogP) is 6.72. The second kappa shape index (κ2) is 12.9. The summed E-state index contributed by atoms with van der Waals surface area (Å²) in [5.74, 6) is -1.99. The van der Waals surface area contributed by atoms with Gasteiger partial charge in [0, 0.05) is 35.7 Å². The lowest BCUT2D eigenvalue weighted by atomic mass is 9.80. The van der Waals surface area contributed by atoms with E-state index in [9.17, 15) is 14.7 Å². The van der Waals surface area contributed by atoms with Crippen molar-refractivity contribution in [2.24, 2.45) is 0 Å². The fourth-order valence-electron chi connectivity index (χ4n) is 3.49. The number of aliphatic carboxylic acids is 1. The van der Waals surface area contributed by atoms with E-state index in [1.807, 2.05) is 64.1 Å². The Bertz CT molecular complexity index is 988. The molecule has 172 valence electrons.